The van der Waals surface area contributed by atoms with Gasteiger partial charge in [-0.1, -0.05) is 63.3 Å². The molecule has 1 aromatic rings. The number of benzene rings is 1. The maximum absolute atomic E-state index is 9.04. The summed E-state index contributed by atoms with van der Waals surface area (Å²) >= 11 is 0. The number of likely N-dealkylation sites (tertiary alicyclic amines) is 1. The molecule has 1 aromatic carbocycles. The van der Waals surface area contributed by atoms with Crippen LogP contribution < -0.4 is 0 Å². The first-order valence-electron chi connectivity index (χ1n) is 10.2. The molecule has 0 spiro atoms. The summed E-state index contributed by atoms with van der Waals surface area (Å²) in [6.45, 7) is 6.17. The monoisotopic (exact) mass is 331 g/mol. The van der Waals surface area contributed by atoms with Gasteiger partial charge in [0.05, 0.1) is 0 Å². The van der Waals surface area contributed by atoms with Gasteiger partial charge in [-0.05, 0) is 55.7 Å². The van der Waals surface area contributed by atoms with E-state index in [2.05, 4.69) is 36.1 Å². The van der Waals surface area contributed by atoms with Crippen molar-refractivity contribution in [3.8, 4) is 0 Å². The molecular formula is C22H37NO. The lowest BCUT2D eigenvalue weighted by molar-refractivity contribution is 0.251. The van der Waals surface area contributed by atoms with Crippen molar-refractivity contribution < 1.29 is 5.11 Å². The highest BCUT2D eigenvalue weighted by Crippen LogP contribution is 2.19. The number of aryl methyl sites for hydroxylation is 1. The number of rotatable bonds is 12. The van der Waals surface area contributed by atoms with E-state index in [1.807, 2.05) is 0 Å². The summed E-state index contributed by atoms with van der Waals surface area (Å²) in [6, 6.07) is 9.32. The molecule has 0 saturated carbocycles. The van der Waals surface area contributed by atoms with Crippen LogP contribution in [-0.4, -0.2) is 36.2 Å². The van der Waals surface area contributed by atoms with Crippen LogP contribution >= 0.6 is 0 Å². The first kappa shape index (κ1) is 19.5. The third kappa shape index (κ3) is 7.36. The van der Waals surface area contributed by atoms with E-state index in [-0.39, 0.29) is 0 Å². The first-order valence-corrected chi connectivity index (χ1v) is 10.2. The minimum absolute atomic E-state index is 0.346. The molecule has 1 saturated heterocycles. The predicted molar refractivity (Wildman–Crippen MR) is 103 cm³/mol. The van der Waals surface area contributed by atoms with Crippen LogP contribution in [0.25, 0.3) is 0 Å². The van der Waals surface area contributed by atoms with Crippen LogP contribution in [-0.2, 0) is 12.8 Å². The molecule has 1 fully saturated rings. The van der Waals surface area contributed by atoms with Crippen molar-refractivity contribution in [2.45, 2.75) is 71.1 Å². The van der Waals surface area contributed by atoms with Gasteiger partial charge in [0.2, 0.25) is 0 Å². The van der Waals surface area contributed by atoms with Gasteiger partial charge in [0.15, 0.2) is 0 Å². The van der Waals surface area contributed by atoms with Crippen LogP contribution in [0.3, 0.4) is 0 Å². The van der Waals surface area contributed by atoms with E-state index in [1.54, 1.807) is 0 Å². The van der Waals surface area contributed by atoms with E-state index in [0.29, 0.717) is 6.61 Å². The second kappa shape index (κ2) is 11.7. The third-order valence-electron chi connectivity index (χ3n) is 5.47. The molecule has 1 aliphatic heterocycles. The molecule has 1 atom stereocenters. The zero-order chi connectivity index (χ0) is 17.0. The van der Waals surface area contributed by atoms with Gasteiger partial charge in [0.25, 0.3) is 0 Å². The van der Waals surface area contributed by atoms with Crippen molar-refractivity contribution in [3.05, 3.63) is 35.4 Å². The van der Waals surface area contributed by atoms with Gasteiger partial charge in [-0.15, -0.1) is 0 Å². The van der Waals surface area contributed by atoms with Crippen molar-refractivity contribution in [3.63, 3.8) is 0 Å². The molecule has 1 heterocycles. The van der Waals surface area contributed by atoms with Crippen LogP contribution in [0.5, 0.6) is 0 Å². The Balaban J connectivity index is 1.60. The fourth-order valence-electron chi connectivity index (χ4n) is 3.80. The highest BCUT2D eigenvalue weighted by atomic mass is 16.3. The molecule has 136 valence electrons. The fraction of sp³-hybridized carbons (Fsp3) is 0.727. The van der Waals surface area contributed by atoms with Crippen molar-refractivity contribution >= 4 is 0 Å². The average Bonchev–Trinajstić information content (AvgIpc) is 3.05. The van der Waals surface area contributed by atoms with E-state index >= 15 is 0 Å². The number of aliphatic hydroxyl groups is 1. The lowest BCUT2D eigenvalue weighted by atomic mass is 10.0. The van der Waals surface area contributed by atoms with Gasteiger partial charge in [-0.25, -0.2) is 0 Å². The van der Waals surface area contributed by atoms with Crippen LogP contribution in [0.2, 0.25) is 0 Å². The summed E-state index contributed by atoms with van der Waals surface area (Å²) in [5, 5.41) is 9.04. The Morgan fingerprint density at radius 3 is 2.33 bits per heavy atom. The molecule has 0 aromatic heterocycles. The molecule has 1 N–H and O–H groups in total. The van der Waals surface area contributed by atoms with Gasteiger partial charge >= 0.3 is 0 Å². The number of hydrogen-bond acceptors (Lipinski definition) is 2. The first-order chi connectivity index (χ1) is 11.8. The van der Waals surface area contributed by atoms with E-state index in [1.165, 1.54) is 82.1 Å². The quantitative estimate of drug-likeness (QED) is 0.554. The van der Waals surface area contributed by atoms with Gasteiger partial charge < -0.3 is 10.0 Å². The third-order valence-corrected chi connectivity index (χ3v) is 5.47. The van der Waals surface area contributed by atoms with Crippen LogP contribution in [0.4, 0.5) is 0 Å². The summed E-state index contributed by atoms with van der Waals surface area (Å²) in [5.74, 6) is 0.717. The molecule has 1 aliphatic rings. The Hall–Kier alpha value is -0.860. The van der Waals surface area contributed by atoms with Crippen molar-refractivity contribution in [1.29, 1.82) is 0 Å². The Morgan fingerprint density at radius 1 is 0.958 bits per heavy atom. The second-order valence-corrected chi connectivity index (χ2v) is 7.55. The number of aliphatic hydroxyl groups excluding tert-OH is 1. The summed E-state index contributed by atoms with van der Waals surface area (Å²) in [7, 11) is 0. The molecule has 2 rings (SSSR count). The van der Waals surface area contributed by atoms with Crippen LogP contribution in [0, 0.1) is 5.92 Å². The maximum Gasteiger partial charge on any atom is 0.0434 e. The van der Waals surface area contributed by atoms with E-state index in [4.69, 9.17) is 5.11 Å². The lowest BCUT2D eigenvalue weighted by Gasteiger charge is -2.15. The van der Waals surface area contributed by atoms with E-state index in [9.17, 15) is 0 Å². The Bertz CT molecular complexity index is 428. The van der Waals surface area contributed by atoms with Crippen LogP contribution in [0.15, 0.2) is 24.3 Å². The molecule has 0 aliphatic carbocycles. The zero-order valence-corrected chi connectivity index (χ0v) is 15.7. The lowest BCUT2D eigenvalue weighted by Crippen LogP contribution is -2.23. The molecule has 0 bridgehead atoms. The normalized spacial score (nSPS) is 18.3. The summed E-state index contributed by atoms with van der Waals surface area (Å²) in [5.41, 5.74) is 2.96. The fourth-order valence-corrected chi connectivity index (χ4v) is 3.80. The van der Waals surface area contributed by atoms with Crippen LogP contribution in [0.1, 0.15) is 69.4 Å². The number of unbranched alkanes of at least 4 members (excludes halogenated alkanes) is 5. The minimum atomic E-state index is 0.346. The molecule has 1 unspecified atom stereocenters. The average molecular weight is 332 g/mol. The number of hydrogen-bond donors (Lipinski definition) is 1. The van der Waals surface area contributed by atoms with Crippen molar-refractivity contribution in [2.75, 3.05) is 26.2 Å². The zero-order valence-electron chi connectivity index (χ0n) is 15.7. The van der Waals surface area contributed by atoms with Crippen molar-refractivity contribution in [2.24, 2.45) is 5.92 Å². The van der Waals surface area contributed by atoms with E-state index < -0.39 is 0 Å². The standard InChI is InChI=1S/C22H37NO/c1-2-3-4-5-6-7-8-20-9-11-21(12-10-20)13-16-23-17-14-22(19-23)15-18-24/h9-12,22,24H,2-8,13-19H2,1H3. The Morgan fingerprint density at radius 2 is 1.62 bits per heavy atom. The largest absolute Gasteiger partial charge is 0.396 e. The van der Waals surface area contributed by atoms with E-state index in [0.717, 1.165) is 18.8 Å². The Labute approximate surface area is 149 Å². The topological polar surface area (TPSA) is 23.5 Å². The smallest absolute Gasteiger partial charge is 0.0434 e. The molecule has 2 heteroatoms. The SMILES string of the molecule is CCCCCCCCc1ccc(CCN2CCC(CCO)C2)cc1. The summed E-state index contributed by atoms with van der Waals surface area (Å²) in [4.78, 5) is 2.56. The number of nitrogens with zero attached hydrogens (tertiary/aromatic N) is 1. The molecule has 24 heavy (non-hydrogen) atoms. The highest BCUT2D eigenvalue weighted by molar-refractivity contribution is 5.22. The van der Waals surface area contributed by atoms with Crippen molar-refractivity contribution in [1.82, 2.24) is 4.90 Å². The summed E-state index contributed by atoms with van der Waals surface area (Å²) in [6.07, 6.45) is 12.9. The van der Waals surface area contributed by atoms with Gasteiger partial charge in [0, 0.05) is 19.7 Å². The molecule has 0 radical (unpaired) electrons. The summed E-state index contributed by atoms with van der Waals surface area (Å²) < 4.78 is 0. The Kier molecular flexibility index (Phi) is 9.45. The van der Waals surface area contributed by atoms with Gasteiger partial charge in [-0.2, -0.15) is 0 Å². The maximum atomic E-state index is 9.04. The highest BCUT2D eigenvalue weighted by Gasteiger charge is 2.21. The molecule has 0 amide bonds. The molecule has 2 nitrogen and oxygen atoms in total. The van der Waals surface area contributed by atoms with Gasteiger partial charge in [0.1, 0.15) is 0 Å². The minimum Gasteiger partial charge on any atom is -0.396 e. The predicted octanol–water partition coefficient (Wildman–Crippen LogP) is 4.84. The molecular weight excluding hydrogens is 294 g/mol. The van der Waals surface area contributed by atoms with Gasteiger partial charge in [-0.3, -0.25) is 0 Å². The second-order valence-electron chi connectivity index (χ2n) is 7.55.